The van der Waals surface area contributed by atoms with Crippen LogP contribution in [0.5, 0.6) is 0 Å². The van der Waals surface area contributed by atoms with E-state index >= 15 is 0 Å². The van der Waals surface area contributed by atoms with Gasteiger partial charge in [0.05, 0.1) is 5.92 Å². The first-order valence-electron chi connectivity index (χ1n) is 7.69. The molecule has 1 aliphatic rings. The molecule has 1 aromatic carbocycles. The lowest BCUT2D eigenvalue weighted by Crippen LogP contribution is -2.33. The highest BCUT2D eigenvalue weighted by molar-refractivity contribution is 7.99. The Bertz CT molecular complexity index is 478. The van der Waals surface area contributed by atoms with Crippen molar-refractivity contribution in [1.82, 2.24) is 0 Å². The minimum atomic E-state index is -0.637. The summed E-state index contributed by atoms with van der Waals surface area (Å²) in [5, 5.41) is 10.4. The largest absolute Gasteiger partial charge is 0.481 e. The van der Waals surface area contributed by atoms with Crippen molar-refractivity contribution in [2.45, 2.75) is 50.0 Å². The first-order chi connectivity index (χ1) is 10.1. The number of rotatable bonds is 6. The van der Waals surface area contributed by atoms with E-state index in [4.69, 9.17) is 11.6 Å². The van der Waals surface area contributed by atoms with E-state index in [1.165, 1.54) is 12.8 Å². The van der Waals surface area contributed by atoms with Crippen LogP contribution in [-0.2, 0) is 10.5 Å². The summed E-state index contributed by atoms with van der Waals surface area (Å²) in [6.45, 7) is 2.20. The molecule has 1 N–H and O–H groups in total. The molecule has 0 amide bonds. The molecule has 0 heterocycles. The van der Waals surface area contributed by atoms with Crippen molar-refractivity contribution in [3.63, 3.8) is 0 Å². The van der Waals surface area contributed by atoms with Gasteiger partial charge in [0.25, 0.3) is 0 Å². The lowest BCUT2D eigenvalue weighted by molar-refractivity contribution is -0.142. The molecule has 116 valence electrons. The summed E-state index contributed by atoms with van der Waals surface area (Å²) in [5.74, 6) is 0.647. The van der Waals surface area contributed by atoms with Gasteiger partial charge in [0.2, 0.25) is 0 Å². The number of hydrogen-bond acceptors (Lipinski definition) is 2. The number of carboxylic acid groups (broad SMARTS) is 1. The molecule has 1 aromatic rings. The molecular formula is C17H23ClO2S. The van der Waals surface area contributed by atoms with Gasteiger partial charge in [-0.05, 0) is 36.8 Å². The van der Waals surface area contributed by atoms with Crippen molar-refractivity contribution in [3.8, 4) is 0 Å². The Balaban J connectivity index is 1.99. The summed E-state index contributed by atoms with van der Waals surface area (Å²) in [4.78, 5) is 11.5. The standard InChI is InChI=1S/C17H23ClO2S/c1-2-5-12-8-9-14(17(19)20)16(10-12)21-11-13-6-3-4-7-15(13)18/h3-4,6-7,12,14,16H,2,5,8-11H2,1H3,(H,19,20). The third-order valence-corrected chi connectivity index (χ3v) is 6.12. The number of hydrogen-bond donors (Lipinski definition) is 1. The first-order valence-corrected chi connectivity index (χ1v) is 9.12. The molecule has 0 aliphatic heterocycles. The topological polar surface area (TPSA) is 37.3 Å². The van der Waals surface area contributed by atoms with Crippen LogP contribution in [0.15, 0.2) is 24.3 Å². The number of aliphatic carboxylic acids is 1. The van der Waals surface area contributed by atoms with Crippen LogP contribution in [0.3, 0.4) is 0 Å². The molecule has 3 unspecified atom stereocenters. The Hall–Kier alpha value is -0.670. The molecular weight excluding hydrogens is 304 g/mol. The number of halogens is 1. The van der Waals surface area contributed by atoms with Crippen LogP contribution in [0.1, 0.15) is 44.6 Å². The highest BCUT2D eigenvalue weighted by atomic mass is 35.5. The van der Waals surface area contributed by atoms with Crippen molar-refractivity contribution in [2.24, 2.45) is 11.8 Å². The molecule has 0 aromatic heterocycles. The Morgan fingerprint density at radius 1 is 1.38 bits per heavy atom. The van der Waals surface area contributed by atoms with Gasteiger partial charge in [0, 0.05) is 16.0 Å². The maximum Gasteiger partial charge on any atom is 0.307 e. The fourth-order valence-corrected chi connectivity index (χ4v) is 4.98. The second-order valence-electron chi connectivity index (χ2n) is 5.85. The molecule has 0 bridgehead atoms. The summed E-state index contributed by atoms with van der Waals surface area (Å²) in [6, 6.07) is 7.83. The van der Waals surface area contributed by atoms with Gasteiger partial charge in [0.15, 0.2) is 0 Å². The van der Waals surface area contributed by atoms with Crippen molar-refractivity contribution in [1.29, 1.82) is 0 Å². The zero-order valence-corrected chi connectivity index (χ0v) is 14.0. The summed E-state index contributed by atoms with van der Waals surface area (Å²) in [6.07, 6.45) is 5.31. The average molecular weight is 327 g/mol. The molecule has 3 atom stereocenters. The van der Waals surface area contributed by atoms with E-state index in [2.05, 4.69) is 6.92 Å². The molecule has 0 saturated heterocycles. The van der Waals surface area contributed by atoms with Gasteiger partial charge >= 0.3 is 5.97 Å². The summed E-state index contributed by atoms with van der Waals surface area (Å²) < 4.78 is 0. The summed E-state index contributed by atoms with van der Waals surface area (Å²) in [7, 11) is 0. The van der Waals surface area contributed by atoms with Crippen LogP contribution in [0.25, 0.3) is 0 Å². The zero-order valence-electron chi connectivity index (χ0n) is 12.4. The monoisotopic (exact) mass is 326 g/mol. The molecule has 0 spiro atoms. The second-order valence-corrected chi connectivity index (χ2v) is 7.49. The number of carboxylic acids is 1. The lowest BCUT2D eigenvalue weighted by atomic mass is 9.80. The van der Waals surface area contributed by atoms with Crippen LogP contribution in [-0.4, -0.2) is 16.3 Å². The van der Waals surface area contributed by atoms with Gasteiger partial charge < -0.3 is 5.11 Å². The quantitative estimate of drug-likeness (QED) is 0.776. The van der Waals surface area contributed by atoms with Crippen molar-refractivity contribution < 1.29 is 9.90 Å². The van der Waals surface area contributed by atoms with Crippen LogP contribution in [0.2, 0.25) is 5.02 Å². The summed E-state index contributed by atoms with van der Waals surface area (Å²) >= 11 is 7.96. The van der Waals surface area contributed by atoms with Gasteiger partial charge in [0.1, 0.15) is 0 Å². The van der Waals surface area contributed by atoms with Crippen LogP contribution in [0.4, 0.5) is 0 Å². The molecule has 1 saturated carbocycles. The fraction of sp³-hybridized carbons (Fsp3) is 0.588. The minimum Gasteiger partial charge on any atom is -0.481 e. The van der Waals surface area contributed by atoms with Gasteiger partial charge in [-0.1, -0.05) is 49.6 Å². The zero-order chi connectivity index (χ0) is 15.2. The van der Waals surface area contributed by atoms with E-state index in [0.29, 0.717) is 5.92 Å². The van der Waals surface area contributed by atoms with E-state index in [1.807, 2.05) is 24.3 Å². The molecule has 2 nitrogen and oxygen atoms in total. The predicted octanol–water partition coefficient (Wildman–Crippen LogP) is 5.24. The third-order valence-electron chi connectivity index (χ3n) is 4.33. The van der Waals surface area contributed by atoms with E-state index in [0.717, 1.165) is 35.6 Å². The van der Waals surface area contributed by atoms with Gasteiger partial charge in [-0.2, -0.15) is 11.8 Å². The van der Waals surface area contributed by atoms with Crippen molar-refractivity contribution >= 4 is 29.3 Å². The summed E-state index contributed by atoms with van der Waals surface area (Å²) in [5.41, 5.74) is 1.10. The molecule has 21 heavy (non-hydrogen) atoms. The second kappa shape index (κ2) is 8.09. The van der Waals surface area contributed by atoms with E-state index in [9.17, 15) is 9.90 Å². The van der Waals surface area contributed by atoms with Gasteiger partial charge in [-0.3, -0.25) is 4.79 Å². The Morgan fingerprint density at radius 2 is 2.14 bits per heavy atom. The molecule has 4 heteroatoms. The highest BCUT2D eigenvalue weighted by Gasteiger charge is 2.34. The first kappa shape index (κ1) is 16.7. The van der Waals surface area contributed by atoms with Gasteiger partial charge in [-0.25, -0.2) is 0 Å². The number of benzene rings is 1. The van der Waals surface area contributed by atoms with Crippen LogP contribution >= 0.6 is 23.4 Å². The van der Waals surface area contributed by atoms with Crippen LogP contribution in [0, 0.1) is 11.8 Å². The van der Waals surface area contributed by atoms with E-state index < -0.39 is 5.97 Å². The van der Waals surface area contributed by atoms with Crippen molar-refractivity contribution in [2.75, 3.05) is 0 Å². The highest BCUT2D eigenvalue weighted by Crippen LogP contribution is 2.40. The Kier molecular flexibility index (Phi) is 6.43. The van der Waals surface area contributed by atoms with E-state index in [1.54, 1.807) is 11.8 Å². The number of carbonyl (C=O) groups is 1. The smallest absolute Gasteiger partial charge is 0.307 e. The maximum absolute atomic E-state index is 11.5. The minimum absolute atomic E-state index is 0.203. The molecule has 2 rings (SSSR count). The normalized spacial score (nSPS) is 25.7. The maximum atomic E-state index is 11.5. The molecule has 1 fully saturated rings. The SMILES string of the molecule is CCCC1CCC(C(=O)O)C(SCc2ccccc2Cl)C1. The Morgan fingerprint density at radius 3 is 2.81 bits per heavy atom. The lowest BCUT2D eigenvalue weighted by Gasteiger charge is -2.33. The van der Waals surface area contributed by atoms with Crippen LogP contribution < -0.4 is 0 Å². The molecule has 0 radical (unpaired) electrons. The predicted molar refractivity (Wildman–Crippen MR) is 89.9 cm³/mol. The van der Waals surface area contributed by atoms with Crippen molar-refractivity contribution in [3.05, 3.63) is 34.9 Å². The fourth-order valence-electron chi connectivity index (χ4n) is 3.16. The van der Waals surface area contributed by atoms with Gasteiger partial charge in [-0.15, -0.1) is 0 Å². The number of thioether (sulfide) groups is 1. The average Bonchev–Trinajstić information content (AvgIpc) is 2.46. The molecule has 1 aliphatic carbocycles. The third kappa shape index (κ3) is 4.65. The van der Waals surface area contributed by atoms with E-state index in [-0.39, 0.29) is 11.2 Å². The Labute approximate surface area is 136 Å².